The summed E-state index contributed by atoms with van der Waals surface area (Å²) in [4.78, 5) is 41.8. The maximum absolute atomic E-state index is 13.9. The zero-order valence-corrected chi connectivity index (χ0v) is 25.0. The number of carbonyl (C=O) groups is 3. The van der Waals surface area contributed by atoms with Crippen LogP contribution in [0.4, 0.5) is 0 Å². The Bertz CT molecular complexity index is 1520. The molecule has 9 nitrogen and oxygen atoms in total. The average Bonchev–Trinajstić information content (AvgIpc) is 3.18. The minimum absolute atomic E-state index is 0.0225. The van der Waals surface area contributed by atoms with E-state index >= 15 is 0 Å². The first-order chi connectivity index (χ1) is 20.1. The Morgan fingerprint density at radius 3 is 2.33 bits per heavy atom. The minimum atomic E-state index is -3.98. The standard InChI is InChI=1S/C32H37N3O6S/c1-23(2)21-33-31(37)28(20-24-11-5-4-6-12-24)34(22-25-13-9-14-26(19-25)41-3)30(36)17-10-18-35-32(38)27-15-7-8-16-29(27)42(35,39)40/h4-9,11-16,19,23,28H,10,17-18,20-22H2,1-3H3,(H,33,37)/t28-/m1/s1. The van der Waals surface area contributed by atoms with Gasteiger partial charge in [-0.15, -0.1) is 0 Å². The number of hydrogen-bond donors (Lipinski definition) is 1. The zero-order valence-electron chi connectivity index (χ0n) is 24.2. The van der Waals surface area contributed by atoms with Gasteiger partial charge in [0, 0.05) is 32.5 Å². The molecule has 0 aromatic heterocycles. The van der Waals surface area contributed by atoms with Crippen LogP contribution in [0.25, 0.3) is 0 Å². The van der Waals surface area contributed by atoms with Crippen LogP contribution < -0.4 is 10.1 Å². The summed E-state index contributed by atoms with van der Waals surface area (Å²) >= 11 is 0. The number of sulfonamides is 1. The van der Waals surface area contributed by atoms with Crippen molar-refractivity contribution in [1.82, 2.24) is 14.5 Å². The number of fused-ring (bicyclic) bond motifs is 1. The predicted molar refractivity (Wildman–Crippen MR) is 159 cm³/mol. The van der Waals surface area contributed by atoms with Gasteiger partial charge in [-0.05, 0) is 47.7 Å². The maximum atomic E-state index is 13.9. The second kappa shape index (κ2) is 13.7. The number of nitrogens with zero attached hydrogens (tertiary/aromatic N) is 2. The third kappa shape index (κ3) is 7.17. The molecule has 10 heteroatoms. The van der Waals surface area contributed by atoms with E-state index in [1.54, 1.807) is 30.2 Å². The van der Waals surface area contributed by atoms with Gasteiger partial charge in [-0.25, -0.2) is 12.7 Å². The van der Waals surface area contributed by atoms with Crippen LogP contribution in [0.5, 0.6) is 5.75 Å². The summed E-state index contributed by atoms with van der Waals surface area (Å²) in [5, 5.41) is 2.98. The van der Waals surface area contributed by atoms with Crippen molar-refractivity contribution in [2.24, 2.45) is 5.92 Å². The summed E-state index contributed by atoms with van der Waals surface area (Å²) in [5.41, 5.74) is 1.82. The van der Waals surface area contributed by atoms with Gasteiger partial charge in [-0.1, -0.05) is 68.4 Å². The van der Waals surface area contributed by atoms with Crippen LogP contribution in [0.2, 0.25) is 0 Å². The molecular formula is C32H37N3O6S. The van der Waals surface area contributed by atoms with Crippen LogP contribution in [-0.4, -0.2) is 61.6 Å². The predicted octanol–water partition coefficient (Wildman–Crippen LogP) is 4.03. The zero-order chi connectivity index (χ0) is 30.3. The van der Waals surface area contributed by atoms with Gasteiger partial charge in [0.15, 0.2) is 0 Å². The van der Waals surface area contributed by atoms with Gasteiger partial charge in [0.1, 0.15) is 16.7 Å². The first-order valence-electron chi connectivity index (χ1n) is 14.0. The number of nitrogens with one attached hydrogen (secondary N) is 1. The highest BCUT2D eigenvalue weighted by Gasteiger charge is 2.40. The highest BCUT2D eigenvalue weighted by molar-refractivity contribution is 7.90. The number of benzene rings is 3. The van der Waals surface area contributed by atoms with E-state index in [0.717, 1.165) is 15.4 Å². The SMILES string of the molecule is COc1cccc(CN(C(=O)CCCN2C(=O)c3ccccc3S2(=O)=O)[C@H](Cc2ccccc2)C(=O)NCC(C)C)c1. The molecule has 1 aliphatic rings. The van der Waals surface area contributed by atoms with Crippen molar-refractivity contribution in [1.29, 1.82) is 0 Å². The molecule has 0 bridgehead atoms. The molecule has 222 valence electrons. The number of methoxy groups -OCH3 is 1. The Balaban J connectivity index is 1.58. The van der Waals surface area contributed by atoms with Gasteiger partial charge in [0.05, 0.1) is 12.7 Å². The third-order valence-corrected chi connectivity index (χ3v) is 8.95. The molecule has 1 atom stereocenters. The Kier molecular flexibility index (Phi) is 10.0. The number of ether oxygens (including phenoxy) is 1. The van der Waals surface area contributed by atoms with Crippen molar-refractivity contribution >= 4 is 27.7 Å². The van der Waals surface area contributed by atoms with Crippen LogP contribution >= 0.6 is 0 Å². The Morgan fingerprint density at radius 2 is 1.64 bits per heavy atom. The fourth-order valence-electron chi connectivity index (χ4n) is 4.91. The lowest BCUT2D eigenvalue weighted by Crippen LogP contribution is -2.51. The lowest BCUT2D eigenvalue weighted by molar-refractivity contribution is -0.141. The van der Waals surface area contributed by atoms with Crippen molar-refractivity contribution in [2.45, 2.75) is 50.6 Å². The molecule has 0 fully saturated rings. The van der Waals surface area contributed by atoms with E-state index in [1.165, 1.54) is 12.1 Å². The van der Waals surface area contributed by atoms with Crippen LogP contribution in [0.15, 0.2) is 83.8 Å². The lowest BCUT2D eigenvalue weighted by atomic mass is 10.0. The molecule has 3 amide bonds. The van der Waals surface area contributed by atoms with Gasteiger partial charge in [0.2, 0.25) is 11.8 Å². The van der Waals surface area contributed by atoms with Crippen LogP contribution in [0.1, 0.15) is 48.2 Å². The van der Waals surface area contributed by atoms with E-state index in [2.05, 4.69) is 5.32 Å². The molecule has 0 unspecified atom stereocenters. The summed E-state index contributed by atoms with van der Waals surface area (Å²) in [7, 11) is -2.41. The largest absolute Gasteiger partial charge is 0.497 e. The molecule has 0 spiro atoms. The maximum Gasteiger partial charge on any atom is 0.269 e. The van der Waals surface area contributed by atoms with Crippen LogP contribution in [-0.2, 0) is 32.6 Å². The molecule has 0 saturated carbocycles. The quantitative estimate of drug-likeness (QED) is 0.321. The van der Waals surface area contributed by atoms with Crippen molar-refractivity contribution in [2.75, 3.05) is 20.2 Å². The fraction of sp³-hybridized carbons (Fsp3) is 0.344. The summed E-state index contributed by atoms with van der Waals surface area (Å²) < 4.78 is 32.2. The average molecular weight is 592 g/mol. The van der Waals surface area contributed by atoms with Gasteiger partial charge in [0.25, 0.3) is 15.9 Å². The van der Waals surface area contributed by atoms with E-state index < -0.39 is 22.0 Å². The molecule has 1 heterocycles. The number of carbonyl (C=O) groups excluding carboxylic acids is 3. The lowest BCUT2D eigenvalue weighted by Gasteiger charge is -2.32. The van der Waals surface area contributed by atoms with E-state index in [-0.39, 0.29) is 54.1 Å². The van der Waals surface area contributed by atoms with Crippen LogP contribution in [0.3, 0.4) is 0 Å². The van der Waals surface area contributed by atoms with Crippen molar-refractivity contribution in [3.8, 4) is 5.75 Å². The van der Waals surface area contributed by atoms with Gasteiger partial charge < -0.3 is 15.0 Å². The minimum Gasteiger partial charge on any atom is -0.497 e. The highest BCUT2D eigenvalue weighted by atomic mass is 32.2. The normalized spacial score (nSPS) is 14.4. The second-order valence-corrected chi connectivity index (χ2v) is 12.5. The summed E-state index contributed by atoms with van der Waals surface area (Å²) in [6, 6.07) is 22.1. The van der Waals surface area contributed by atoms with Crippen LogP contribution in [0, 0.1) is 5.92 Å². The van der Waals surface area contributed by atoms with Gasteiger partial charge >= 0.3 is 0 Å². The molecule has 0 radical (unpaired) electrons. The van der Waals surface area contributed by atoms with E-state index in [9.17, 15) is 22.8 Å². The molecule has 4 rings (SSSR count). The number of amides is 3. The van der Waals surface area contributed by atoms with E-state index in [0.29, 0.717) is 18.7 Å². The number of rotatable bonds is 13. The molecule has 3 aromatic rings. The molecule has 42 heavy (non-hydrogen) atoms. The van der Waals surface area contributed by atoms with Gasteiger partial charge in [-0.2, -0.15) is 0 Å². The summed E-state index contributed by atoms with van der Waals surface area (Å²) in [5.74, 6) is -0.336. The first kappa shape index (κ1) is 30.8. The van der Waals surface area contributed by atoms with Crippen molar-refractivity contribution in [3.63, 3.8) is 0 Å². The third-order valence-electron chi connectivity index (χ3n) is 7.11. The highest BCUT2D eigenvalue weighted by Crippen LogP contribution is 2.30. The smallest absolute Gasteiger partial charge is 0.269 e. The molecular weight excluding hydrogens is 554 g/mol. The Hall–Kier alpha value is -4.18. The topological polar surface area (TPSA) is 113 Å². The second-order valence-electron chi connectivity index (χ2n) is 10.7. The van der Waals surface area contributed by atoms with Crippen molar-refractivity contribution in [3.05, 3.63) is 95.6 Å². The summed E-state index contributed by atoms with van der Waals surface area (Å²) in [6.07, 6.45) is 0.356. The van der Waals surface area contributed by atoms with E-state index in [1.807, 2.05) is 62.4 Å². The molecule has 0 aliphatic carbocycles. The number of hydrogen-bond acceptors (Lipinski definition) is 6. The fourth-order valence-corrected chi connectivity index (χ4v) is 6.52. The monoisotopic (exact) mass is 591 g/mol. The first-order valence-corrected chi connectivity index (χ1v) is 15.5. The Morgan fingerprint density at radius 1 is 0.952 bits per heavy atom. The Labute approximate surface area is 247 Å². The molecule has 0 saturated heterocycles. The summed E-state index contributed by atoms with van der Waals surface area (Å²) in [6.45, 7) is 4.46. The van der Waals surface area contributed by atoms with Gasteiger partial charge in [-0.3, -0.25) is 14.4 Å². The molecule has 1 N–H and O–H groups in total. The van der Waals surface area contributed by atoms with Crippen molar-refractivity contribution < 1.29 is 27.5 Å². The molecule has 1 aliphatic heterocycles. The van der Waals surface area contributed by atoms with E-state index in [4.69, 9.17) is 4.74 Å². The molecule has 3 aromatic carbocycles.